The van der Waals surface area contributed by atoms with Crippen LogP contribution in [0, 0.1) is 0 Å². The molecule has 0 aliphatic carbocycles. The molecule has 0 bridgehead atoms. The van der Waals surface area contributed by atoms with E-state index in [2.05, 4.69) is 9.55 Å². The van der Waals surface area contributed by atoms with Crippen molar-refractivity contribution in [2.45, 2.75) is 13.1 Å². The van der Waals surface area contributed by atoms with Crippen molar-refractivity contribution in [2.24, 2.45) is 0 Å². The Hall–Kier alpha value is -2.34. The Morgan fingerprint density at radius 2 is 2.24 bits per heavy atom. The molecule has 6 heteroatoms. The molecule has 3 aromatic heterocycles. The number of hydrogen-bond donors (Lipinski definition) is 0. The molecule has 3 aromatic rings. The van der Waals surface area contributed by atoms with E-state index in [9.17, 15) is 4.79 Å². The van der Waals surface area contributed by atoms with Gasteiger partial charge in [0.25, 0.3) is 5.91 Å². The maximum atomic E-state index is 12.4. The van der Waals surface area contributed by atoms with E-state index in [0.717, 1.165) is 28.7 Å². The molecule has 0 aromatic carbocycles. The monoisotopic (exact) mass is 299 g/mol. The first-order valence-corrected chi connectivity index (χ1v) is 7.62. The lowest BCUT2D eigenvalue weighted by molar-refractivity contribution is 0.0713. The molecule has 1 amide bonds. The Morgan fingerprint density at radius 3 is 3.00 bits per heavy atom. The number of fused-ring (bicyclic) bond motifs is 1. The summed E-state index contributed by atoms with van der Waals surface area (Å²) >= 11 is 1.48. The van der Waals surface area contributed by atoms with Gasteiger partial charge in [-0.3, -0.25) is 4.79 Å². The Kier molecular flexibility index (Phi) is 2.89. The first kappa shape index (κ1) is 12.4. The number of carbonyl (C=O) groups excluding carboxylic acids is 1. The molecule has 0 fully saturated rings. The summed E-state index contributed by atoms with van der Waals surface area (Å²) in [4.78, 5) is 19.5. The van der Waals surface area contributed by atoms with Crippen LogP contribution in [0.1, 0.15) is 15.5 Å². The van der Waals surface area contributed by atoms with E-state index in [0.29, 0.717) is 13.1 Å². The second-order valence-corrected chi connectivity index (χ2v) is 5.84. The lowest BCUT2D eigenvalue weighted by Gasteiger charge is -2.28. The van der Waals surface area contributed by atoms with Crippen molar-refractivity contribution in [3.05, 3.63) is 52.8 Å². The molecule has 4 rings (SSSR count). The third kappa shape index (κ3) is 2.08. The predicted molar refractivity (Wildman–Crippen MR) is 79.0 cm³/mol. The summed E-state index contributed by atoms with van der Waals surface area (Å²) in [7, 11) is 0. The van der Waals surface area contributed by atoms with Crippen molar-refractivity contribution < 1.29 is 9.21 Å². The minimum Gasteiger partial charge on any atom is -0.463 e. The van der Waals surface area contributed by atoms with Crippen LogP contribution >= 0.6 is 11.3 Å². The minimum absolute atomic E-state index is 0.0822. The molecule has 1 aliphatic rings. The number of thiophene rings is 1. The molecule has 0 unspecified atom stereocenters. The Balaban J connectivity index is 1.61. The van der Waals surface area contributed by atoms with Crippen LogP contribution in [-0.2, 0) is 13.1 Å². The van der Waals surface area contributed by atoms with Crippen molar-refractivity contribution in [3.63, 3.8) is 0 Å². The van der Waals surface area contributed by atoms with Crippen molar-refractivity contribution in [3.8, 4) is 11.5 Å². The fourth-order valence-electron chi connectivity index (χ4n) is 2.61. The number of aromatic nitrogens is 2. The number of rotatable bonds is 2. The zero-order chi connectivity index (χ0) is 14.2. The molecule has 0 radical (unpaired) electrons. The quantitative estimate of drug-likeness (QED) is 0.731. The number of nitrogens with zero attached hydrogens (tertiary/aromatic N) is 3. The van der Waals surface area contributed by atoms with Gasteiger partial charge < -0.3 is 13.9 Å². The maximum absolute atomic E-state index is 12.4. The second-order valence-electron chi connectivity index (χ2n) is 4.89. The van der Waals surface area contributed by atoms with Gasteiger partial charge in [-0.15, -0.1) is 11.3 Å². The van der Waals surface area contributed by atoms with E-state index in [-0.39, 0.29) is 5.91 Å². The van der Waals surface area contributed by atoms with Crippen LogP contribution in [0.25, 0.3) is 11.5 Å². The van der Waals surface area contributed by atoms with E-state index < -0.39 is 0 Å². The molecule has 0 saturated carbocycles. The Morgan fingerprint density at radius 1 is 1.29 bits per heavy atom. The number of carbonyl (C=O) groups is 1. The first-order chi connectivity index (χ1) is 10.3. The summed E-state index contributed by atoms with van der Waals surface area (Å²) in [6, 6.07) is 7.55. The predicted octanol–water partition coefficient (Wildman–Crippen LogP) is 2.86. The normalized spacial score (nSPS) is 14.2. The highest BCUT2D eigenvalue weighted by Gasteiger charge is 2.25. The molecule has 1 aliphatic heterocycles. The average molecular weight is 299 g/mol. The topological polar surface area (TPSA) is 51.3 Å². The molecule has 4 heterocycles. The highest BCUT2D eigenvalue weighted by Crippen LogP contribution is 2.25. The van der Waals surface area contributed by atoms with Crippen LogP contribution in [0.4, 0.5) is 0 Å². The zero-order valence-electron chi connectivity index (χ0n) is 11.2. The van der Waals surface area contributed by atoms with E-state index in [1.54, 1.807) is 6.26 Å². The highest BCUT2D eigenvalue weighted by molar-refractivity contribution is 7.12. The number of hydrogen-bond acceptors (Lipinski definition) is 4. The van der Waals surface area contributed by atoms with Gasteiger partial charge in [0.05, 0.1) is 23.9 Å². The van der Waals surface area contributed by atoms with Gasteiger partial charge in [0.2, 0.25) is 0 Å². The van der Waals surface area contributed by atoms with Gasteiger partial charge in [0.1, 0.15) is 11.5 Å². The van der Waals surface area contributed by atoms with Crippen molar-refractivity contribution in [2.75, 3.05) is 6.54 Å². The van der Waals surface area contributed by atoms with Gasteiger partial charge in [0.15, 0.2) is 5.76 Å². The summed E-state index contributed by atoms with van der Waals surface area (Å²) in [5, 5.41) is 1.92. The lowest BCUT2D eigenvalue weighted by Crippen LogP contribution is -2.38. The van der Waals surface area contributed by atoms with Crippen LogP contribution in [0.15, 0.2) is 46.5 Å². The summed E-state index contributed by atoms with van der Waals surface area (Å²) < 4.78 is 7.56. The van der Waals surface area contributed by atoms with Gasteiger partial charge in [-0.05, 0) is 23.6 Å². The van der Waals surface area contributed by atoms with E-state index >= 15 is 0 Å². The zero-order valence-corrected chi connectivity index (χ0v) is 12.0. The number of amides is 1. The summed E-state index contributed by atoms with van der Waals surface area (Å²) in [5.74, 6) is 1.79. The van der Waals surface area contributed by atoms with Gasteiger partial charge in [-0.1, -0.05) is 6.07 Å². The SMILES string of the molecule is O=C(c1cccs1)N1CCn2c(-c3ccco3)cnc2C1. The fraction of sp³-hybridized carbons (Fsp3) is 0.200. The van der Waals surface area contributed by atoms with E-state index in [1.165, 1.54) is 11.3 Å². The maximum Gasteiger partial charge on any atom is 0.264 e. The van der Waals surface area contributed by atoms with Gasteiger partial charge >= 0.3 is 0 Å². The largest absolute Gasteiger partial charge is 0.463 e. The Labute approximate surface area is 125 Å². The van der Waals surface area contributed by atoms with Crippen molar-refractivity contribution in [1.29, 1.82) is 0 Å². The van der Waals surface area contributed by atoms with Crippen LogP contribution in [0.2, 0.25) is 0 Å². The van der Waals surface area contributed by atoms with Crippen molar-refractivity contribution >= 4 is 17.2 Å². The summed E-state index contributed by atoms with van der Waals surface area (Å²) in [6.07, 6.45) is 3.47. The van der Waals surface area contributed by atoms with Gasteiger partial charge in [-0.25, -0.2) is 4.98 Å². The molecular formula is C15H13N3O2S. The van der Waals surface area contributed by atoms with Crippen molar-refractivity contribution in [1.82, 2.24) is 14.5 Å². The first-order valence-electron chi connectivity index (χ1n) is 6.74. The third-order valence-corrected chi connectivity index (χ3v) is 4.51. The number of imidazole rings is 1. The van der Waals surface area contributed by atoms with Crippen LogP contribution in [-0.4, -0.2) is 26.9 Å². The molecule has 5 nitrogen and oxygen atoms in total. The molecule has 0 saturated heterocycles. The molecule has 106 valence electrons. The van der Waals surface area contributed by atoms with Gasteiger partial charge in [0, 0.05) is 13.1 Å². The molecule has 0 atom stereocenters. The van der Waals surface area contributed by atoms with E-state index in [1.807, 2.05) is 40.7 Å². The molecule has 0 N–H and O–H groups in total. The smallest absolute Gasteiger partial charge is 0.264 e. The van der Waals surface area contributed by atoms with Crippen LogP contribution < -0.4 is 0 Å². The highest BCUT2D eigenvalue weighted by atomic mass is 32.1. The van der Waals surface area contributed by atoms with Crippen LogP contribution in [0.3, 0.4) is 0 Å². The molecular weight excluding hydrogens is 286 g/mol. The fourth-order valence-corrected chi connectivity index (χ4v) is 3.30. The summed E-state index contributed by atoms with van der Waals surface area (Å²) in [6.45, 7) is 1.97. The second kappa shape index (κ2) is 4.89. The van der Waals surface area contributed by atoms with Gasteiger partial charge in [-0.2, -0.15) is 0 Å². The third-order valence-electron chi connectivity index (χ3n) is 3.66. The standard InChI is InChI=1S/C15H13N3O2S/c19-15(13-4-2-8-21-13)17-5-6-18-11(9-16-14(18)10-17)12-3-1-7-20-12/h1-4,7-9H,5-6,10H2. The van der Waals surface area contributed by atoms with E-state index in [4.69, 9.17) is 4.42 Å². The summed E-state index contributed by atoms with van der Waals surface area (Å²) in [5.41, 5.74) is 0.971. The average Bonchev–Trinajstić information content (AvgIpc) is 3.24. The van der Waals surface area contributed by atoms with Crippen LogP contribution in [0.5, 0.6) is 0 Å². The Bertz CT molecular complexity index is 759. The molecule has 21 heavy (non-hydrogen) atoms. The number of furan rings is 1. The molecule has 0 spiro atoms. The lowest BCUT2D eigenvalue weighted by atomic mass is 10.3. The minimum atomic E-state index is 0.0822.